The average Bonchev–Trinajstić information content (AvgIpc) is 3.32. The van der Waals surface area contributed by atoms with Crippen LogP contribution in [0.25, 0.3) is 0 Å². The van der Waals surface area contributed by atoms with E-state index in [0.717, 1.165) is 36.6 Å². The minimum atomic E-state index is -0.320. The summed E-state index contributed by atoms with van der Waals surface area (Å²) in [6.07, 6.45) is 3.73. The average molecular weight is 294 g/mol. The van der Waals surface area contributed by atoms with Crippen molar-refractivity contribution in [3.8, 4) is 0 Å². The number of carbonyl (C=O) groups excluding carboxylic acids is 1. The summed E-state index contributed by atoms with van der Waals surface area (Å²) in [5.74, 6) is 2.66. The predicted molar refractivity (Wildman–Crippen MR) is 76.0 cm³/mol. The van der Waals surface area contributed by atoms with Crippen LogP contribution >= 0.6 is 11.8 Å². The highest BCUT2D eigenvalue weighted by Gasteiger charge is 2.32. The van der Waals surface area contributed by atoms with Crippen LogP contribution in [-0.2, 0) is 9.47 Å². The molecule has 5 nitrogen and oxygen atoms in total. The molecule has 0 bridgehead atoms. The molecule has 108 valence electrons. The third kappa shape index (κ3) is 2.96. The number of esters is 1. The van der Waals surface area contributed by atoms with Crippen LogP contribution in [0.1, 0.15) is 53.7 Å². The Labute approximate surface area is 122 Å². The van der Waals surface area contributed by atoms with Crippen molar-refractivity contribution in [2.75, 3.05) is 24.7 Å². The van der Waals surface area contributed by atoms with Crippen molar-refractivity contribution in [3.05, 3.63) is 23.3 Å². The van der Waals surface area contributed by atoms with E-state index >= 15 is 0 Å². The molecule has 1 aliphatic carbocycles. The molecule has 2 heterocycles. The fourth-order valence-electron chi connectivity index (χ4n) is 2.24. The van der Waals surface area contributed by atoms with Crippen molar-refractivity contribution < 1.29 is 14.3 Å². The smallest absolute Gasteiger partial charge is 0.341 e. The van der Waals surface area contributed by atoms with E-state index in [2.05, 4.69) is 9.97 Å². The minimum absolute atomic E-state index is 0.0532. The van der Waals surface area contributed by atoms with Gasteiger partial charge in [-0.2, -0.15) is 11.8 Å². The van der Waals surface area contributed by atoms with Crippen LogP contribution in [-0.4, -0.2) is 40.7 Å². The van der Waals surface area contributed by atoms with E-state index in [4.69, 9.17) is 9.47 Å². The van der Waals surface area contributed by atoms with Crippen molar-refractivity contribution in [3.63, 3.8) is 0 Å². The Balaban J connectivity index is 1.87. The Kier molecular flexibility index (Phi) is 4.21. The van der Waals surface area contributed by atoms with Gasteiger partial charge in [-0.25, -0.2) is 14.8 Å². The molecule has 0 radical (unpaired) electrons. The van der Waals surface area contributed by atoms with Crippen LogP contribution in [0.15, 0.2) is 6.20 Å². The fourth-order valence-corrected chi connectivity index (χ4v) is 3.08. The van der Waals surface area contributed by atoms with E-state index in [1.165, 1.54) is 0 Å². The van der Waals surface area contributed by atoms with Gasteiger partial charge >= 0.3 is 5.97 Å². The standard InChI is InChI=1S/C14H18N2O3S/c1-2-18-14(17)10-7-15-13(11-8-20-6-5-19-11)16-12(10)9-3-4-9/h7,9,11H,2-6,8H2,1H3. The maximum atomic E-state index is 11.9. The second kappa shape index (κ2) is 6.10. The number of nitrogens with zero attached hydrogens (tertiary/aromatic N) is 2. The highest BCUT2D eigenvalue weighted by atomic mass is 32.2. The minimum Gasteiger partial charge on any atom is -0.462 e. The molecule has 1 aromatic heterocycles. The number of thioether (sulfide) groups is 1. The Morgan fingerprint density at radius 2 is 2.40 bits per heavy atom. The zero-order chi connectivity index (χ0) is 13.9. The van der Waals surface area contributed by atoms with Gasteiger partial charge in [-0.15, -0.1) is 0 Å². The molecule has 0 amide bonds. The van der Waals surface area contributed by atoms with Gasteiger partial charge < -0.3 is 9.47 Å². The lowest BCUT2D eigenvalue weighted by molar-refractivity contribution is 0.0520. The molecule has 0 aromatic carbocycles. The lowest BCUT2D eigenvalue weighted by Crippen LogP contribution is -2.20. The first-order chi connectivity index (χ1) is 9.79. The molecule has 1 aliphatic heterocycles. The third-order valence-electron chi connectivity index (χ3n) is 3.40. The highest BCUT2D eigenvalue weighted by Crippen LogP contribution is 2.41. The number of rotatable bonds is 4. The summed E-state index contributed by atoms with van der Waals surface area (Å²) in [6.45, 7) is 2.90. The Morgan fingerprint density at radius 3 is 3.05 bits per heavy atom. The van der Waals surface area contributed by atoms with Gasteiger partial charge in [0.25, 0.3) is 0 Å². The van der Waals surface area contributed by atoms with Crippen molar-refractivity contribution in [1.82, 2.24) is 9.97 Å². The van der Waals surface area contributed by atoms with Gasteiger partial charge in [0.05, 0.1) is 24.5 Å². The van der Waals surface area contributed by atoms with E-state index in [0.29, 0.717) is 23.9 Å². The number of carbonyl (C=O) groups is 1. The summed E-state index contributed by atoms with van der Waals surface area (Å²) < 4.78 is 10.8. The highest BCUT2D eigenvalue weighted by molar-refractivity contribution is 7.99. The van der Waals surface area contributed by atoms with Crippen LogP contribution in [0, 0.1) is 0 Å². The monoisotopic (exact) mass is 294 g/mol. The van der Waals surface area contributed by atoms with Gasteiger partial charge in [0, 0.05) is 23.6 Å². The van der Waals surface area contributed by atoms with E-state index in [1.54, 1.807) is 13.1 Å². The zero-order valence-corrected chi connectivity index (χ0v) is 12.3. The molecular formula is C14H18N2O3S. The molecule has 1 atom stereocenters. The molecule has 1 aromatic rings. The summed E-state index contributed by atoms with van der Waals surface area (Å²) in [4.78, 5) is 20.9. The number of aromatic nitrogens is 2. The number of hydrogen-bond acceptors (Lipinski definition) is 6. The van der Waals surface area contributed by atoms with Crippen LogP contribution in [0.2, 0.25) is 0 Å². The topological polar surface area (TPSA) is 61.3 Å². The van der Waals surface area contributed by atoms with E-state index in [1.807, 2.05) is 11.8 Å². The van der Waals surface area contributed by atoms with Gasteiger partial charge in [0.15, 0.2) is 5.82 Å². The SMILES string of the molecule is CCOC(=O)c1cnc(C2CSCCO2)nc1C1CC1. The molecule has 20 heavy (non-hydrogen) atoms. The molecule has 6 heteroatoms. The van der Waals surface area contributed by atoms with Crippen LogP contribution in [0.4, 0.5) is 0 Å². The maximum absolute atomic E-state index is 11.9. The Hall–Kier alpha value is -1.14. The van der Waals surface area contributed by atoms with Crippen LogP contribution in [0.5, 0.6) is 0 Å². The maximum Gasteiger partial charge on any atom is 0.341 e. The van der Waals surface area contributed by atoms with E-state index in [9.17, 15) is 4.79 Å². The molecule has 1 saturated carbocycles. The summed E-state index contributed by atoms with van der Waals surface area (Å²) in [7, 11) is 0. The van der Waals surface area contributed by atoms with Gasteiger partial charge in [-0.05, 0) is 19.8 Å². The van der Waals surface area contributed by atoms with Crippen molar-refractivity contribution in [2.45, 2.75) is 31.8 Å². The summed E-state index contributed by atoms with van der Waals surface area (Å²) >= 11 is 1.85. The molecule has 0 N–H and O–H groups in total. The van der Waals surface area contributed by atoms with Crippen LogP contribution < -0.4 is 0 Å². The lowest BCUT2D eigenvalue weighted by Gasteiger charge is -2.21. The molecule has 1 saturated heterocycles. The lowest BCUT2D eigenvalue weighted by atomic mass is 10.1. The van der Waals surface area contributed by atoms with Crippen molar-refractivity contribution in [1.29, 1.82) is 0 Å². The van der Waals surface area contributed by atoms with Crippen molar-refractivity contribution in [2.24, 2.45) is 0 Å². The quantitative estimate of drug-likeness (QED) is 0.794. The fraction of sp³-hybridized carbons (Fsp3) is 0.643. The van der Waals surface area contributed by atoms with Gasteiger partial charge in [-0.3, -0.25) is 0 Å². The first-order valence-electron chi connectivity index (χ1n) is 7.03. The summed E-state index contributed by atoms with van der Waals surface area (Å²) in [5.41, 5.74) is 1.36. The van der Waals surface area contributed by atoms with Gasteiger partial charge in [-0.1, -0.05) is 0 Å². The molecule has 2 aliphatic rings. The molecular weight excluding hydrogens is 276 g/mol. The molecule has 3 rings (SSSR count). The number of ether oxygens (including phenoxy) is 2. The molecule has 0 spiro atoms. The van der Waals surface area contributed by atoms with E-state index in [-0.39, 0.29) is 12.1 Å². The Morgan fingerprint density at radius 1 is 1.55 bits per heavy atom. The normalized spacial score (nSPS) is 22.6. The second-order valence-electron chi connectivity index (χ2n) is 4.96. The van der Waals surface area contributed by atoms with Gasteiger partial charge in [0.1, 0.15) is 6.10 Å². The summed E-state index contributed by atoms with van der Waals surface area (Å²) in [6, 6.07) is 0. The Bertz CT molecular complexity index is 499. The molecule has 2 fully saturated rings. The second-order valence-corrected chi connectivity index (χ2v) is 6.11. The first kappa shape index (κ1) is 13.8. The third-order valence-corrected chi connectivity index (χ3v) is 4.39. The first-order valence-corrected chi connectivity index (χ1v) is 8.18. The van der Waals surface area contributed by atoms with Crippen molar-refractivity contribution >= 4 is 17.7 Å². The largest absolute Gasteiger partial charge is 0.462 e. The molecule has 1 unspecified atom stereocenters. The van der Waals surface area contributed by atoms with Crippen LogP contribution in [0.3, 0.4) is 0 Å². The zero-order valence-electron chi connectivity index (χ0n) is 11.5. The summed E-state index contributed by atoms with van der Waals surface area (Å²) in [5, 5.41) is 0. The van der Waals surface area contributed by atoms with Gasteiger partial charge in [0.2, 0.25) is 0 Å². The van der Waals surface area contributed by atoms with E-state index < -0.39 is 0 Å². The predicted octanol–water partition coefficient (Wildman–Crippen LogP) is 2.34. The number of hydrogen-bond donors (Lipinski definition) is 0.